The Hall–Kier alpha value is -5.64. The van der Waals surface area contributed by atoms with Gasteiger partial charge in [0.2, 0.25) is 24.6 Å². The predicted molar refractivity (Wildman–Crippen MR) is 240 cm³/mol. The Kier molecular flexibility index (Phi) is 17.0. The molecule has 1 aromatic heterocycles. The molecule has 4 saturated heterocycles. The van der Waals surface area contributed by atoms with Gasteiger partial charge >= 0.3 is 17.3 Å². The second-order valence-corrected chi connectivity index (χ2v) is 17.7. The molecule has 16 N–H and O–H groups in total. The molecular formula is C47H55O27+. The fourth-order valence-corrected chi connectivity index (χ4v) is 8.31. The number of ether oxygens (including phenoxy) is 9. The first-order valence-electron chi connectivity index (χ1n) is 22.8. The number of phenols is 3. The molecule has 74 heavy (non-hydrogen) atoms. The lowest BCUT2D eigenvalue weighted by Gasteiger charge is -2.44. The first-order valence-corrected chi connectivity index (χ1v) is 22.8. The van der Waals surface area contributed by atoms with Crippen LogP contribution in [0.1, 0.15) is 5.56 Å². The summed E-state index contributed by atoms with van der Waals surface area (Å²) in [5.41, 5.74) is 0.220. The third kappa shape index (κ3) is 11.6. The van der Waals surface area contributed by atoms with Crippen LogP contribution in [0, 0.1) is 0 Å². The molecule has 27 heteroatoms. The topological polar surface area (TPSA) is 435 Å². The van der Waals surface area contributed by atoms with Gasteiger partial charge in [-0.05, 0) is 35.9 Å². The molecule has 8 rings (SSSR count). The normalized spacial score (nSPS) is 35.6. The maximum atomic E-state index is 13.1. The molecule has 0 spiro atoms. The van der Waals surface area contributed by atoms with Crippen molar-refractivity contribution in [1.82, 2.24) is 0 Å². The van der Waals surface area contributed by atoms with Gasteiger partial charge in [-0.2, -0.15) is 0 Å². The van der Waals surface area contributed by atoms with Gasteiger partial charge in [-0.15, -0.1) is 0 Å². The van der Waals surface area contributed by atoms with E-state index in [2.05, 4.69) is 0 Å². The van der Waals surface area contributed by atoms with Crippen LogP contribution in [-0.2, 0) is 33.2 Å². The Labute approximate surface area is 417 Å². The fourth-order valence-electron chi connectivity index (χ4n) is 8.31. The molecule has 0 amide bonds. The van der Waals surface area contributed by atoms with Crippen LogP contribution in [0.4, 0.5) is 0 Å². The van der Waals surface area contributed by atoms with E-state index >= 15 is 0 Å². The van der Waals surface area contributed by atoms with Gasteiger partial charge in [0.15, 0.2) is 23.9 Å². The number of phenolic OH excluding ortho intramolecular Hbond substituents is 3. The fraction of sp³-hybridized carbons (Fsp3) is 0.489. The smallest absolute Gasteiger partial charge is 0.402 e. The number of hydrogen-bond donors (Lipinski definition) is 16. The van der Waals surface area contributed by atoms with Crippen molar-refractivity contribution in [3.8, 4) is 45.8 Å². The van der Waals surface area contributed by atoms with E-state index in [1.807, 2.05) is 0 Å². The van der Waals surface area contributed by atoms with E-state index in [9.17, 15) is 86.5 Å². The summed E-state index contributed by atoms with van der Waals surface area (Å²) in [5, 5.41) is 167. The van der Waals surface area contributed by atoms with Gasteiger partial charge in [-0.1, -0.05) is 12.1 Å². The molecule has 4 aliphatic rings. The first-order chi connectivity index (χ1) is 35.3. The van der Waals surface area contributed by atoms with Crippen molar-refractivity contribution in [2.24, 2.45) is 0 Å². The van der Waals surface area contributed by atoms with E-state index < -0.39 is 172 Å². The van der Waals surface area contributed by atoms with Crippen molar-refractivity contribution in [3.05, 3.63) is 72.3 Å². The van der Waals surface area contributed by atoms with Crippen molar-refractivity contribution >= 4 is 23.0 Å². The highest BCUT2D eigenvalue weighted by molar-refractivity contribution is 5.89. The minimum Gasteiger partial charge on any atom is -0.507 e. The highest BCUT2D eigenvalue weighted by Crippen LogP contribution is 2.44. The summed E-state index contributed by atoms with van der Waals surface area (Å²) in [5.74, 6) is -3.54. The van der Waals surface area contributed by atoms with Crippen LogP contribution in [0.5, 0.6) is 34.5 Å². The standard InChI is InChI=1S/C47H54O27/c48-13-28-33(56)36(59)40(63)45(71-28)67-20-5-1-17(2-6-20)3-8-31(54)65-16-30-35(58)38(61)43(74-44-39(62)32(55)24(53)15-66-44)47(73-30)70-27-12-21-25(68-42(27)18-4-7-22(51)23(52)9-18)10-19(50)11-26(21)69-46-41(64)37(60)34(57)29(14-49)72-46/h1-12,24,28-30,32-41,43-49,53,55-64H,13-16H2,(H2-,50,51,52)/p+1. The Morgan fingerprint density at radius 3 is 1.82 bits per heavy atom. The van der Waals surface area contributed by atoms with Crippen LogP contribution in [0.3, 0.4) is 0 Å². The van der Waals surface area contributed by atoms with Crippen molar-refractivity contribution in [1.29, 1.82) is 0 Å². The van der Waals surface area contributed by atoms with Gasteiger partial charge in [-0.25, -0.2) is 9.21 Å². The van der Waals surface area contributed by atoms with Crippen LogP contribution in [0.15, 0.2) is 71.2 Å². The summed E-state index contributed by atoms with van der Waals surface area (Å²) in [7, 11) is 0. The van der Waals surface area contributed by atoms with Crippen LogP contribution in [0.2, 0.25) is 0 Å². The zero-order chi connectivity index (χ0) is 53.3. The number of aliphatic hydroxyl groups is 13. The summed E-state index contributed by atoms with van der Waals surface area (Å²) in [6.45, 7) is -2.80. The van der Waals surface area contributed by atoms with Crippen molar-refractivity contribution < 1.29 is 134 Å². The molecule has 5 heterocycles. The minimum atomic E-state index is -2.06. The molecule has 0 bridgehead atoms. The van der Waals surface area contributed by atoms with Gasteiger partial charge in [0.25, 0.3) is 0 Å². The third-order valence-electron chi connectivity index (χ3n) is 12.5. The lowest BCUT2D eigenvalue weighted by atomic mass is 9.98. The number of esters is 1. The number of rotatable bonds is 15. The quantitative estimate of drug-likeness (QED) is 0.0232. The summed E-state index contributed by atoms with van der Waals surface area (Å²) in [6.07, 6.45) is -30.6. The maximum absolute atomic E-state index is 13.1. The van der Waals surface area contributed by atoms with Crippen LogP contribution in [-0.4, -0.2) is 231 Å². The summed E-state index contributed by atoms with van der Waals surface area (Å²) in [4.78, 5) is 13.1. The molecule has 3 aromatic carbocycles. The first kappa shape index (κ1) is 54.6. The molecule has 19 unspecified atom stereocenters. The number of carbonyl (C=O) groups excluding carboxylic acids is 1. The highest BCUT2D eigenvalue weighted by Gasteiger charge is 2.52. The van der Waals surface area contributed by atoms with Crippen LogP contribution in [0.25, 0.3) is 28.4 Å². The number of carbonyl (C=O) groups is 1. The Morgan fingerprint density at radius 1 is 0.595 bits per heavy atom. The predicted octanol–water partition coefficient (Wildman–Crippen LogP) is -4.24. The number of aliphatic hydroxyl groups excluding tert-OH is 13. The Balaban J connectivity index is 1.06. The summed E-state index contributed by atoms with van der Waals surface area (Å²) in [6, 6.07) is 12.6. The largest absolute Gasteiger partial charge is 0.507 e. The van der Waals surface area contributed by atoms with Crippen LogP contribution >= 0.6 is 0 Å². The molecule has 4 aromatic rings. The van der Waals surface area contributed by atoms with Gasteiger partial charge in [-0.3, -0.25) is 0 Å². The van der Waals surface area contributed by atoms with E-state index in [1.165, 1.54) is 42.5 Å². The number of hydrogen-bond acceptors (Lipinski definition) is 26. The molecule has 0 aliphatic carbocycles. The number of fused-ring (bicyclic) bond motifs is 1. The van der Waals surface area contributed by atoms with Crippen LogP contribution < -0.4 is 14.2 Å². The molecule has 27 nitrogen and oxygen atoms in total. The molecule has 4 aliphatic heterocycles. The molecule has 4 fully saturated rings. The third-order valence-corrected chi connectivity index (χ3v) is 12.5. The average Bonchev–Trinajstić information content (AvgIpc) is 3.38. The monoisotopic (exact) mass is 1050 g/mol. The van der Waals surface area contributed by atoms with E-state index in [0.717, 1.165) is 30.3 Å². The molecular weight excluding hydrogens is 996 g/mol. The van der Waals surface area contributed by atoms with Crippen molar-refractivity contribution in [3.63, 3.8) is 0 Å². The zero-order valence-electron chi connectivity index (χ0n) is 38.4. The van der Waals surface area contributed by atoms with E-state index in [0.29, 0.717) is 5.56 Å². The number of aromatic hydroxyl groups is 3. The van der Waals surface area contributed by atoms with Gasteiger partial charge in [0.1, 0.15) is 115 Å². The lowest BCUT2D eigenvalue weighted by molar-refractivity contribution is -0.345. The highest BCUT2D eigenvalue weighted by atomic mass is 16.8. The summed E-state index contributed by atoms with van der Waals surface area (Å²) >= 11 is 0. The van der Waals surface area contributed by atoms with E-state index in [-0.39, 0.29) is 33.8 Å². The molecule has 0 saturated carbocycles. The maximum Gasteiger partial charge on any atom is 0.402 e. The molecule has 0 radical (unpaired) electrons. The van der Waals surface area contributed by atoms with Gasteiger partial charge < -0.3 is 124 Å². The van der Waals surface area contributed by atoms with Gasteiger partial charge in [0.05, 0.1) is 31.5 Å². The number of benzene rings is 3. The molecule has 404 valence electrons. The second kappa shape index (κ2) is 23.1. The van der Waals surface area contributed by atoms with Gasteiger partial charge in [0, 0.05) is 24.3 Å². The lowest BCUT2D eigenvalue weighted by Crippen LogP contribution is -2.64. The van der Waals surface area contributed by atoms with E-state index in [4.69, 9.17) is 47.0 Å². The summed E-state index contributed by atoms with van der Waals surface area (Å²) < 4.78 is 57.6. The SMILES string of the molecule is O=C(C=Cc1ccc(OC2OC(CO)C(O)C(O)C2O)cc1)OCC1OC(Oc2cc3c(OC4OC(CO)C(O)C(O)C4O)cc(O)cc3[o+]c2-c2ccc(O)c(O)c2)C(OC2OCC(O)C(O)C2O)C(O)C1O. The Morgan fingerprint density at radius 2 is 1.19 bits per heavy atom. The van der Waals surface area contributed by atoms with Crippen molar-refractivity contribution in [2.45, 2.75) is 117 Å². The Bertz CT molecular complexity index is 2580. The van der Waals surface area contributed by atoms with E-state index in [1.54, 1.807) is 0 Å². The second-order valence-electron chi connectivity index (χ2n) is 17.7. The zero-order valence-corrected chi connectivity index (χ0v) is 38.4. The molecule has 19 atom stereocenters. The average molecular weight is 1050 g/mol. The van der Waals surface area contributed by atoms with Crippen molar-refractivity contribution in [2.75, 3.05) is 26.4 Å². The minimum absolute atomic E-state index is 0.0119.